The summed E-state index contributed by atoms with van der Waals surface area (Å²) in [6.45, 7) is 2.15. The van der Waals surface area contributed by atoms with Crippen LogP contribution in [-0.4, -0.2) is 9.97 Å². The van der Waals surface area contributed by atoms with Crippen LogP contribution in [0.5, 0.6) is 0 Å². The summed E-state index contributed by atoms with van der Waals surface area (Å²) in [6.07, 6.45) is 2.71. The third-order valence-electron chi connectivity index (χ3n) is 2.96. The Kier molecular flexibility index (Phi) is 4.47. The summed E-state index contributed by atoms with van der Waals surface area (Å²) in [6, 6.07) is 14.4. The third kappa shape index (κ3) is 3.51. The molecule has 4 heteroatoms. The van der Waals surface area contributed by atoms with E-state index in [9.17, 15) is 0 Å². The largest absolute Gasteiger partial charge is 0.388 e. The second kappa shape index (κ2) is 6.29. The van der Waals surface area contributed by atoms with E-state index in [0.29, 0.717) is 10.7 Å². The van der Waals surface area contributed by atoms with Gasteiger partial charge in [-0.1, -0.05) is 49.5 Å². The summed E-state index contributed by atoms with van der Waals surface area (Å²) in [7, 11) is 0. The number of nitrogens with zero attached hydrogens (tertiary/aromatic N) is 1. The van der Waals surface area contributed by atoms with Gasteiger partial charge in [0.15, 0.2) is 0 Å². The molecule has 1 atom stereocenters. The van der Waals surface area contributed by atoms with Crippen molar-refractivity contribution in [3.63, 3.8) is 0 Å². The molecular formula is C15H17N3S. The standard InChI is InChI=1S/C15H17N3S/c1-2-13(11-6-4-3-5-7-11)18-12-8-9-17-14(10-12)15(16)19/h3-10,13H,2H2,1H3,(H2,16,19)(H,17,18). The lowest BCUT2D eigenvalue weighted by atomic mass is 10.0. The average molecular weight is 271 g/mol. The number of thiocarbonyl (C=S) groups is 1. The zero-order chi connectivity index (χ0) is 13.7. The smallest absolute Gasteiger partial charge is 0.122 e. The molecule has 1 heterocycles. The minimum Gasteiger partial charge on any atom is -0.388 e. The minimum atomic E-state index is 0.266. The van der Waals surface area contributed by atoms with Crippen LogP contribution in [0.1, 0.15) is 30.6 Å². The lowest BCUT2D eigenvalue weighted by molar-refractivity contribution is 0.749. The first kappa shape index (κ1) is 13.5. The predicted octanol–water partition coefficient (Wildman–Crippen LogP) is 3.28. The number of nitrogens with two attached hydrogens (primary N) is 1. The molecule has 0 fully saturated rings. The molecule has 1 aromatic carbocycles. The minimum absolute atomic E-state index is 0.266. The third-order valence-corrected chi connectivity index (χ3v) is 3.17. The Morgan fingerprint density at radius 1 is 1.32 bits per heavy atom. The highest BCUT2D eigenvalue weighted by Gasteiger charge is 2.09. The Balaban J connectivity index is 2.19. The molecule has 0 aliphatic heterocycles. The van der Waals surface area contributed by atoms with Crippen LogP contribution >= 0.6 is 12.2 Å². The maximum Gasteiger partial charge on any atom is 0.122 e. The molecule has 0 bridgehead atoms. The van der Waals surface area contributed by atoms with Crippen molar-refractivity contribution in [2.75, 3.05) is 5.32 Å². The molecule has 0 saturated carbocycles. The fraction of sp³-hybridized carbons (Fsp3) is 0.200. The molecule has 0 aliphatic carbocycles. The van der Waals surface area contributed by atoms with E-state index in [1.807, 2.05) is 30.3 Å². The van der Waals surface area contributed by atoms with Crippen LogP contribution in [0, 0.1) is 0 Å². The van der Waals surface area contributed by atoms with E-state index in [1.54, 1.807) is 6.20 Å². The summed E-state index contributed by atoms with van der Waals surface area (Å²) in [4.78, 5) is 4.45. The van der Waals surface area contributed by atoms with Gasteiger partial charge in [0.1, 0.15) is 4.99 Å². The molecule has 0 spiro atoms. The predicted molar refractivity (Wildman–Crippen MR) is 83.2 cm³/mol. The summed E-state index contributed by atoms with van der Waals surface area (Å²) in [5, 5.41) is 3.49. The van der Waals surface area contributed by atoms with Crippen molar-refractivity contribution in [2.24, 2.45) is 5.73 Å². The van der Waals surface area contributed by atoms with Gasteiger partial charge in [0.25, 0.3) is 0 Å². The maximum atomic E-state index is 5.60. The Labute approximate surface area is 118 Å². The van der Waals surface area contributed by atoms with Crippen molar-refractivity contribution in [2.45, 2.75) is 19.4 Å². The van der Waals surface area contributed by atoms with Crippen molar-refractivity contribution in [1.82, 2.24) is 4.98 Å². The van der Waals surface area contributed by atoms with Crippen LogP contribution in [-0.2, 0) is 0 Å². The summed E-state index contributed by atoms with van der Waals surface area (Å²) in [5.74, 6) is 0. The van der Waals surface area contributed by atoms with E-state index < -0.39 is 0 Å². The molecule has 1 aromatic heterocycles. The Bertz CT molecular complexity index is 554. The molecule has 3 nitrogen and oxygen atoms in total. The van der Waals surface area contributed by atoms with Gasteiger partial charge in [-0.2, -0.15) is 0 Å². The zero-order valence-corrected chi connectivity index (χ0v) is 11.7. The monoisotopic (exact) mass is 271 g/mol. The molecule has 0 radical (unpaired) electrons. The average Bonchev–Trinajstić information content (AvgIpc) is 2.46. The van der Waals surface area contributed by atoms with E-state index in [0.717, 1.165) is 12.1 Å². The number of anilines is 1. The van der Waals surface area contributed by atoms with Crippen LogP contribution in [0.4, 0.5) is 5.69 Å². The van der Waals surface area contributed by atoms with E-state index in [-0.39, 0.29) is 6.04 Å². The van der Waals surface area contributed by atoms with Crippen LogP contribution in [0.15, 0.2) is 48.7 Å². The van der Waals surface area contributed by atoms with Gasteiger partial charge < -0.3 is 11.1 Å². The van der Waals surface area contributed by atoms with Gasteiger partial charge in [-0.25, -0.2) is 0 Å². The molecular weight excluding hydrogens is 254 g/mol. The van der Waals surface area contributed by atoms with E-state index in [2.05, 4.69) is 29.4 Å². The summed E-state index contributed by atoms with van der Waals surface area (Å²) in [5.41, 5.74) is 8.48. The van der Waals surface area contributed by atoms with Gasteiger partial charge in [0.2, 0.25) is 0 Å². The number of benzene rings is 1. The number of rotatable bonds is 5. The van der Waals surface area contributed by atoms with E-state index in [1.165, 1.54) is 5.56 Å². The van der Waals surface area contributed by atoms with Gasteiger partial charge in [-0.05, 0) is 24.1 Å². The van der Waals surface area contributed by atoms with Crippen molar-refractivity contribution in [3.05, 3.63) is 59.9 Å². The van der Waals surface area contributed by atoms with Crippen LogP contribution < -0.4 is 11.1 Å². The van der Waals surface area contributed by atoms with Gasteiger partial charge in [-0.3, -0.25) is 4.98 Å². The zero-order valence-electron chi connectivity index (χ0n) is 10.8. The molecule has 98 valence electrons. The topological polar surface area (TPSA) is 50.9 Å². The Hall–Kier alpha value is -1.94. The summed E-state index contributed by atoms with van der Waals surface area (Å²) >= 11 is 4.94. The normalized spacial score (nSPS) is 11.8. The second-order valence-electron chi connectivity index (χ2n) is 4.31. The molecule has 19 heavy (non-hydrogen) atoms. The fourth-order valence-corrected chi connectivity index (χ4v) is 2.07. The first-order chi connectivity index (χ1) is 9.20. The van der Waals surface area contributed by atoms with Crippen LogP contribution in [0.25, 0.3) is 0 Å². The number of aromatic nitrogens is 1. The number of hydrogen-bond donors (Lipinski definition) is 2. The Morgan fingerprint density at radius 2 is 2.05 bits per heavy atom. The molecule has 2 rings (SSSR count). The van der Waals surface area contributed by atoms with Crippen molar-refractivity contribution in [3.8, 4) is 0 Å². The molecule has 1 unspecified atom stereocenters. The number of hydrogen-bond acceptors (Lipinski definition) is 3. The highest BCUT2D eigenvalue weighted by Crippen LogP contribution is 2.22. The molecule has 3 N–H and O–H groups in total. The lowest BCUT2D eigenvalue weighted by Crippen LogP contribution is -2.13. The van der Waals surface area contributed by atoms with Crippen molar-refractivity contribution >= 4 is 22.9 Å². The highest BCUT2D eigenvalue weighted by molar-refractivity contribution is 7.80. The van der Waals surface area contributed by atoms with Gasteiger partial charge in [0, 0.05) is 11.9 Å². The van der Waals surface area contributed by atoms with Gasteiger partial charge in [0.05, 0.1) is 11.7 Å². The van der Waals surface area contributed by atoms with E-state index in [4.69, 9.17) is 18.0 Å². The van der Waals surface area contributed by atoms with Crippen molar-refractivity contribution in [1.29, 1.82) is 0 Å². The second-order valence-corrected chi connectivity index (χ2v) is 4.75. The quantitative estimate of drug-likeness (QED) is 0.819. The number of pyridine rings is 1. The van der Waals surface area contributed by atoms with E-state index >= 15 is 0 Å². The molecule has 0 saturated heterocycles. The van der Waals surface area contributed by atoms with Crippen LogP contribution in [0.2, 0.25) is 0 Å². The highest BCUT2D eigenvalue weighted by atomic mass is 32.1. The first-order valence-electron chi connectivity index (χ1n) is 6.28. The van der Waals surface area contributed by atoms with Crippen molar-refractivity contribution < 1.29 is 0 Å². The maximum absolute atomic E-state index is 5.60. The first-order valence-corrected chi connectivity index (χ1v) is 6.69. The Morgan fingerprint density at radius 3 is 2.68 bits per heavy atom. The van der Waals surface area contributed by atoms with Crippen LogP contribution in [0.3, 0.4) is 0 Å². The van der Waals surface area contributed by atoms with Gasteiger partial charge in [-0.15, -0.1) is 0 Å². The lowest BCUT2D eigenvalue weighted by Gasteiger charge is -2.19. The molecule has 0 amide bonds. The SMILES string of the molecule is CCC(Nc1ccnc(C(N)=S)c1)c1ccccc1. The summed E-state index contributed by atoms with van der Waals surface area (Å²) < 4.78 is 0. The molecule has 0 aliphatic rings. The number of nitrogens with one attached hydrogen (secondary N) is 1. The van der Waals surface area contributed by atoms with Gasteiger partial charge >= 0.3 is 0 Å². The fourth-order valence-electron chi connectivity index (χ4n) is 1.96. The molecule has 2 aromatic rings.